The summed E-state index contributed by atoms with van der Waals surface area (Å²) >= 11 is 0. The number of aromatic nitrogens is 1. The number of nitrogens with one attached hydrogen (secondary N) is 3. The first-order chi connectivity index (χ1) is 10.9. The zero-order chi connectivity index (χ0) is 15.2. The van der Waals surface area contributed by atoms with Crippen molar-refractivity contribution < 1.29 is 4.74 Å². The zero-order valence-electron chi connectivity index (χ0n) is 13.2. The van der Waals surface area contributed by atoms with Crippen LogP contribution in [0.15, 0.2) is 48.8 Å². The summed E-state index contributed by atoms with van der Waals surface area (Å²) in [6, 6.07) is 12.6. The minimum absolute atomic E-state index is 0. The lowest BCUT2D eigenvalue weighted by molar-refractivity contribution is 0.414. The summed E-state index contributed by atoms with van der Waals surface area (Å²) in [6.45, 7) is 2.76. The fourth-order valence-electron chi connectivity index (χ4n) is 2.79. The van der Waals surface area contributed by atoms with Gasteiger partial charge in [0.15, 0.2) is 0 Å². The Morgan fingerprint density at radius 3 is 2.78 bits per heavy atom. The summed E-state index contributed by atoms with van der Waals surface area (Å²) in [5.41, 5.74) is 9.08. The first kappa shape index (κ1) is 17.7. The topological polar surface area (TPSA) is 58.2 Å². The Bertz CT molecular complexity index is 579. The lowest BCUT2D eigenvalue weighted by Gasteiger charge is -2.19. The van der Waals surface area contributed by atoms with Gasteiger partial charge in [-0.3, -0.25) is 10.4 Å². The molecule has 1 aromatic heterocycles. The number of nitrogens with zero attached hydrogens (tertiary/aromatic N) is 1. The number of pyridine rings is 1. The van der Waals surface area contributed by atoms with Crippen molar-refractivity contribution >= 4 is 12.4 Å². The van der Waals surface area contributed by atoms with Gasteiger partial charge in [0.1, 0.15) is 5.75 Å². The molecule has 124 valence electrons. The van der Waals surface area contributed by atoms with Crippen LogP contribution in [0.3, 0.4) is 0 Å². The highest BCUT2D eigenvalue weighted by Gasteiger charge is 2.27. The van der Waals surface area contributed by atoms with Crippen molar-refractivity contribution in [2.75, 3.05) is 20.2 Å². The van der Waals surface area contributed by atoms with Crippen molar-refractivity contribution in [3.8, 4) is 5.75 Å². The van der Waals surface area contributed by atoms with Crippen LogP contribution in [0.4, 0.5) is 0 Å². The van der Waals surface area contributed by atoms with Crippen molar-refractivity contribution in [3.63, 3.8) is 0 Å². The van der Waals surface area contributed by atoms with E-state index in [4.69, 9.17) is 4.74 Å². The number of halogens is 1. The first-order valence-corrected chi connectivity index (χ1v) is 7.59. The maximum atomic E-state index is 5.18. The lowest BCUT2D eigenvalue weighted by Crippen LogP contribution is -2.28. The van der Waals surface area contributed by atoms with E-state index in [2.05, 4.69) is 39.4 Å². The molecule has 23 heavy (non-hydrogen) atoms. The van der Waals surface area contributed by atoms with Crippen LogP contribution >= 0.6 is 12.4 Å². The Morgan fingerprint density at radius 2 is 2.09 bits per heavy atom. The van der Waals surface area contributed by atoms with Crippen LogP contribution in [0.1, 0.15) is 17.2 Å². The maximum Gasteiger partial charge on any atom is 0.118 e. The quantitative estimate of drug-likeness (QED) is 0.755. The number of hydrogen-bond acceptors (Lipinski definition) is 5. The Labute approximate surface area is 143 Å². The molecule has 1 aliphatic rings. The Hall–Kier alpha value is -1.66. The molecule has 0 amide bonds. The molecule has 3 N–H and O–H groups in total. The average molecular weight is 335 g/mol. The fourth-order valence-corrected chi connectivity index (χ4v) is 2.79. The van der Waals surface area contributed by atoms with E-state index in [1.54, 1.807) is 7.11 Å². The molecule has 6 heteroatoms. The summed E-state index contributed by atoms with van der Waals surface area (Å²) in [5, 5.41) is 3.54. The third kappa shape index (κ3) is 4.65. The van der Waals surface area contributed by atoms with Crippen molar-refractivity contribution in [3.05, 3.63) is 59.9 Å². The Balaban J connectivity index is 0.00000192. The number of hydrogen-bond donors (Lipinski definition) is 3. The van der Waals surface area contributed by atoms with Gasteiger partial charge in [0, 0.05) is 37.9 Å². The minimum atomic E-state index is 0. The number of methoxy groups -OCH3 is 1. The number of hydrazine groups is 1. The van der Waals surface area contributed by atoms with Crippen LogP contribution in [0.25, 0.3) is 0 Å². The average Bonchev–Trinajstić information content (AvgIpc) is 3.05. The Morgan fingerprint density at radius 1 is 1.26 bits per heavy atom. The molecule has 2 heterocycles. The molecule has 1 saturated heterocycles. The molecule has 1 aliphatic heterocycles. The highest BCUT2D eigenvalue weighted by atomic mass is 35.5. The number of benzene rings is 1. The molecule has 0 bridgehead atoms. The molecular weight excluding hydrogens is 312 g/mol. The minimum Gasteiger partial charge on any atom is -0.497 e. The largest absolute Gasteiger partial charge is 0.497 e. The van der Waals surface area contributed by atoms with Crippen molar-refractivity contribution in [2.45, 2.75) is 12.6 Å². The summed E-state index contributed by atoms with van der Waals surface area (Å²) < 4.78 is 5.18. The van der Waals surface area contributed by atoms with E-state index in [-0.39, 0.29) is 12.4 Å². The predicted molar refractivity (Wildman–Crippen MR) is 93.6 cm³/mol. The van der Waals surface area contributed by atoms with E-state index in [1.165, 1.54) is 11.1 Å². The second-order valence-electron chi connectivity index (χ2n) is 5.53. The van der Waals surface area contributed by atoms with Crippen LogP contribution in [0, 0.1) is 5.92 Å². The van der Waals surface area contributed by atoms with Gasteiger partial charge >= 0.3 is 0 Å². The monoisotopic (exact) mass is 334 g/mol. The van der Waals surface area contributed by atoms with E-state index in [1.807, 2.05) is 30.6 Å². The summed E-state index contributed by atoms with van der Waals surface area (Å²) in [4.78, 5) is 4.21. The van der Waals surface area contributed by atoms with Crippen LogP contribution in [0.2, 0.25) is 0 Å². The van der Waals surface area contributed by atoms with Gasteiger partial charge in [-0.1, -0.05) is 18.2 Å². The molecule has 2 atom stereocenters. The van der Waals surface area contributed by atoms with Crippen molar-refractivity contribution in [2.24, 2.45) is 5.92 Å². The van der Waals surface area contributed by atoms with Gasteiger partial charge in [0.2, 0.25) is 0 Å². The standard InChI is InChI=1S/C17H22N4O.ClH/c1-22-16-6-4-13(5-7-16)9-19-11-15-12-20-21-17(15)14-3-2-8-18-10-14;/h2-8,10,15,17,19-21H,9,11-12H2,1H3;1H. The highest BCUT2D eigenvalue weighted by Crippen LogP contribution is 2.23. The lowest BCUT2D eigenvalue weighted by atomic mass is 9.96. The summed E-state index contributed by atoms with van der Waals surface area (Å²) in [5.74, 6) is 1.40. The van der Waals surface area contributed by atoms with Crippen molar-refractivity contribution in [1.29, 1.82) is 0 Å². The van der Waals surface area contributed by atoms with Gasteiger partial charge in [-0.05, 0) is 29.3 Å². The molecule has 2 aromatic rings. The molecule has 1 fully saturated rings. The molecule has 0 spiro atoms. The smallest absolute Gasteiger partial charge is 0.118 e. The predicted octanol–water partition coefficient (Wildman–Crippen LogP) is 2.07. The second-order valence-corrected chi connectivity index (χ2v) is 5.53. The van der Waals surface area contributed by atoms with Crippen LogP contribution in [0.5, 0.6) is 5.75 Å². The van der Waals surface area contributed by atoms with E-state index >= 15 is 0 Å². The van der Waals surface area contributed by atoms with E-state index in [0.29, 0.717) is 12.0 Å². The first-order valence-electron chi connectivity index (χ1n) is 7.59. The van der Waals surface area contributed by atoms with Gasteiger partial charge in [0.05, 0.1) is 13.2 Å². The molecule has 3 rings (SSSR count). The Kier molecular flexibility index (Phi) is 6.80. The fraction of sp³-hybridized carbons (Fsp3) is 0.353. The van der Waals surface area contributed by atoms with Crippen LogP contribution in [-0.4, -0.2) is 25.2 Å². The third-order valence-corrected chi connectivity index (χ3v) is 4.03. The van der Waals surface area contributed by atoms with Gasteiger partial charge in [0.25, 0.3) is 0 Å². The van der Waals surface area contributed by atoms with Crippen LogP contribution in [-0.2, 0) is 6.54 Å². The van der Waals surface area contributed by atoms with Gasteiger partial charge in [-0.15, -0.1) is 12.4 Å². The maximum absolute atomic E-state index is 5.18. The molecule has 0 radical (unpaired) electrons. The molecule has 0 saturated carbocycles. The van der Waals surface area contributed by atoms with Gasteiger partial charge < -0.3 is 10.1 Å². The molecule has 2 unspecified atom stereocenters. The van der Waals surface area contributed by atoms with Crippen LogP contribution < -0.4 is 20.9 Å². The summed E-state index contributed by atoms with van der Waals surface area (Å²) in [6.07, 6.45) is 3.74. The van der Waals surface area contributed by atoms with Gasteiger partial charge in [-0.25, -0.2) is 5.43 Å². The second kappa shape index (κ2) is 8.84. The summed E-state index contributed by atoms with van der Waals surface area (Å²) in [7, 11) is 1.69. The zero-order valence-corrected chi connectivity index (χ0v) is 14.0. The number of ether oxygens (including phenoxy) is 1. The molecule has 0 aliphatic carbocycles. The van der Waals surface area contributed by atoms with Gasteiger partial charge in [-0.2, -0.15) is 0 Å². The SMILES string of the molecule is COc1ccc(CNCC2CNNC2c2cccnc2)cc1.Cl. The molecule has 5 nitrogen and oxygen atoms in total. The van der Waals surface area contributed by atoms with Crippen molar-refractivity contribution in [1.82, 2.24) is 21.2 Å². The number of rotatable bonds is 6. The van der Waals surface area contributed by atoms with E-state index in [0.717, 1.165) is 25.4 Å². The van der Waals surface area contributed by atoms with E-state index < -0.39 is 0 Å². The van der Waals surface area contributed by atoms with E-state index in [9.17, 15) is 0 Å². The molecule has 1 aromatic carbocycles. The highest BCUT2D eigenvalue weighted by molar-refractivity contribution is 5.85. The molecular formula is C17H23ClN4O. The normalized spacial score (nSPS) is 20.0. The third-order valence-electron chi connectivity index (χ3n) is 4.03.